The Hall–Kier alpha value is -1.18. The van der Waals surface area contributed by atoms with Crippen LogP contribution in [-0.4, -0.2) is 10.2 Å². The molecule has 0 bridgehead atoms. The number of aryl methyl sites for hydroxylation is 2. The monoisotopic (exact) mass is 194 g/mol. The number of phenols is 2. The van der Waals surface area contributed by atoms with E-state index >= 15 is 0 Å². The van der Waals surface area contributed by atoms with Crippen LogP contribution in [0.4, 0.5) is 0 Å². The summed E-state index contributed by atoms with van der Waals surface area (Å²) < 4.78 is 0. The molecule has 1 aromatic rings. The highest BCUT2D eigenvalue weighted by atomic mass is 16.3. The van der Waals surface area contributed by atoms with Gasteiger partial charge < -0.3 is 10.2 Å². The number of unbranched alkanes of at least 4 members (excludes halogenated alkanes) is 2. The SMILES string of the molecule is CCCCCc1cc(C)cc(O)c1O. The van der Waals surface area contributed by atoms with E-state index in [2.05, 4.69) is 6.92 Å². The second kappa shape index (κ2) is 4.89. The highest BCUT2D eigenvalue weighted by Gasteiger charge is 2.06. The van der Waals surface area contributed by atoms with Crippen LogP contribution in [-0.2, 0) is 6.42 Å². The van der Waals surface area contributed by atoms with E-state index in [1.807, 2.05) is 13.0 Å². The first kappa shape index (κ1) is 10.9. The van der Waals surface area contributed by atoms with Gasteiger partial charge in [-0.15, -0.1) is 0 Å². The van der Waals surface area contributed by atoms with Gasteiger partial charge in [0.05, 0.1) is 0 Å². The van der Waals surface area contributed by atoms with Crippen molar-refractivity contribution in [3.63, 3.8) is 0 Å². The Labute approximate surface area is 85.2 Å². The lowest BCUT2D eigenvalue weighted by atomic mass is 10.0. The predicted octanol–water partition coefficient (Wildman–Crippen LogP) is 3.14. The molecule has 0 heterocycles. The molecule has 2 nitrogen and oxygen atoms in total. The van der Waals surface area contributed by atoms with Crippen molar-refractivity contribution in [2.24, 2.45) is 0 Å². The van der Waals surface area contributed by atoms with E-state index < -0.39 is 0 Å². The van der Waals surface area contributed by atoms with Crippen molar-refractivity contribution in [3.8, 4) is 11.5 Å². The number of aromatic hydroxyl groups is 2. The third kappa shape index (κ3) is 2.66. The van der Waals surface area contributed by atoms with Gasteiger partial charge in [-0.05, 0) is 37.0 Å². The summed E-state index contributed by atoms with van der Waals surface area (Å²) in [5, 5.41) is 19.0. The molecule has 0 spiro atoms. The van der Waals surface area contributed by atoms with Crippen molar-refractivity contribution in [2.75, 3.05) is 0 Å². The third-order valence-corrected chi connectivity index (χ3v) is 2.36. The van der Waals surface area contributed by atoms with Gasteiger partial charge in [0.1, 0.15) is 0 Å². The number of phenolic OH excluding ortho intramolecular Hbond substituents is 2. The minimum absolute atomic E-state index is 0.00324. The molecule has 0 unspecified atom stereocenters. The van der Waals surface area contributed by atoms with Gasteiger partial charge in [-0.1, -0.05) is 25.8 Å². The Kier molecular flexibility index (Phi) is 3.81. The normalized spacial score (nSPS) is 10.4. The fraction of sp³-hybridized carbons (Fsp3) is 0.500. The second-order valence-electron chi connectivity index (χ2n) is 3.75. The van der Waals surface area contributed by atoms with Crippen molar-refractivity contribution in [1.82, 2.24) is 0 Å². The lowest BCUT2D eigenvalue weighted by molar-refractivity contribution is 0.398. The van der Waals surface area contributed by atoms with Gasteiger partial charge in [0.25, 0.3) is 0 Å². The first-order valence-electron chi connectivity index (χ1n) is 5.16. The first-order chi connectivity index (χ1) is 6.65. The highest BCUT2D eigenvalue weighted by Crippen LogP contribution is 2.31. The zero-order valence-electron chi connectivity index (χ0n) is 8.88. The van der Waals surface area contributed by atoms with E-state index in [-0.39, 0.29) is 11.5 Å². The molecule has 14 heavy (non-hydrogen) atoms. The van der Waals surface area contributed by atoms with Crippen LogP contribution in [0.15, 0.2) is 12.1 Å². The van der Waals surface area contributed by atoms with Crippen molar-refractivity contribution < 1.29 is 10.2 Å². The topological polar surface area (TPSA) is 40.5 Å². The summed E-state index contributed by atoms with van der Waals surface area (Å²) in [5.74, 6) is 0.0446. The van der Waals surface area contributed by atoms with Gasteiger partial charge in [-0.25, -0.2) is 0 Å². The molecule has 0 aromatic heterocycles. The maximum absolute atomic E-state index is 9.57. The predicted molar refractivity (Wildman–Crippen MR) is 57.7 cm³/mol. The van der Waals surface area contributed by atoms with E-state index in [4.69, 9.17) is 0 Å². The molecule has 0 saturated heterocycles. The average molecular weight is 194 g/mol. The molecular weight excluding hydrogens is 176 g/mol. The molecule has 0 fully saturated rings. The number of benzene rings is 1. The van der Waals surface area contributed by atoms with Crippen LogP contribution in [0, 0.1) is 6.92 Å². The maximum atomic E-state index is 9.57. The van der Waals surface area contributed by atoms with Crippen LogP contribution in [0.1, 0.15) is 37.3 Å². The van der Waals surface area contributed by atoms with E-state index in [0.29, 0.717) is 0 Å². The quantitative estimate of drug-likeness (QED) is 0.571. The number of rotatable bonds is 4. The summed E-state index contributed by atoms with van der Waals surface area (Å²) in [6.07, 6.45) is 4.23. The summed E-state index contributed by atoms with van der Waals surface area (Å²) in [5.41, 5.74) is 1.85. The highest BCUT2D eigenvalue weighted by molar-refractivity contribution is 5.47. The smallest absolute Gasteiger partial charge is 0.160 e. The minimum atomic E-state index is -0.00324. The molecule has 2 heteroatoms. The molecule has 1 aromatic carbocycles. The standard InChI is InChI=1S/C12H18O2/c1-3-4-5-6-10-7-9(2)8-11(13)12(10)14/h7-8,13-14H,3-6H2,1-2H3. The maximum Gasteiger partial charge on any atom is 0.160 e. The minimum Gasteiger partial charge on any atom is -0.504 e. The summed E-state index contributed by atoms with van der Waals surface area (Å²) in [4.78, 5) is 0. The van der Waals surface area contributed by atoms with Crippen LogP contribution < -0.4 is 0 Å². The lowest BCUT2D eigenvalue weighted by Crippen LogP contribution is -1.88. The molecule has 78 valence electrons. The van der Waals surface area contributed by atoms with E-state index in [1.54, 1.807) is 6.07 Å². The number of hydrogen-bond donors (Lipinski definition) is 2. The Morgan fingerprint density at radius 2 is 1.86 bits per heavy atom. The van der Waals surface area contributed by atoms with Gasteiger partial charge in [0.15, 0.2) is 11.5 Å². The van der Waals surface area contributed by atoms with E-state index in [0.717, 1.165) is 30.4 Å². The van der Waals surface area contributed by atoms with Crippen LogP contribution in [0.5, 0.6) is 11.5 Å². The van der Waals surface area contributed by atoms with Crippen LogP contribution >= 0.6 is 0 Å². The van der Waals surface area contributed by atoms with Gasteiger partial charge in [-0.2, -0.15) is 0 Å². The van der Waals surface area contributed by atoms with Gasteiger partial charge in [0, 0.05) is 0 Å². The summed E-state index contributed by atoms with van der Waals surface area (Å²) in [6, 6.07) is 3.52. The van der Waals surface area contributed by atoms with Crippen LogP contribution in [0.25, 0.3) is 0 Å². The van der Waals surface area contributed by atoms with E-state index in [1.165, 1.54) is 6.42 Å². The summed E-state index contributed by atoms with van der Waals surface area (Å²) in [6.45, 7) is 4.07. The molecule has 0 aliphatic heterocycles. The molecule has 0 saturated carbocycles. The van der Waals surface area contributed by atoms with E-state index in [9.17, 15) is 10.2 Å². The zero-order chi connectivity index (χ0) is 10.6. The molecule has 0 atom stereocenters. The van der Waals surface area contributed by atoms with Gasteiger partial charge >= 0.3 is 0 Å². The molecule has 2 N–H and O–H groups in total. The van der Waals surface area contributed by atoms with Gasteiger partial charge in [0.2, 0.25) is 0 Å². The van der Waals surface area contributed by atoms with Crippen LogP contribution in [0.3, 0.4) is 0 Å². The Morgan fingerprint density at radius 3 is 2.50 bits per heavy atom. The zero-order valence-corrected chi connectivity index (χ0v) is 8.88. The molecule has 0 aliphatic carbocycles. The summed E-state index contributed by atoms with van der Waals surface area (Å²) in [7, 11) is 0. The number of hydrogen-bond acceptors (Lipinski definition) is 2. The molecular formula is C12H18O2. The Morgan fingerprint density at radius 1 is 1.14 bits per heavy atom. The molecule has 0 radical (unpaired) electrons. The largest absolute Gasteiger partial charge is 0.504 e. The lowest BCUT2D eigenvalue weighted by Gasteiger charge is -2.07. The van der Waals surface area contributed by atoms with Crippen molar-refractivity contribution in [2.45, 2.75) is 39.5 Å². The fourth-order valence-electron chi connectivity index (χ4n) is 1.59. The summed E-state index contributed by atoms with van der Waals surface area (Å²) >= 11 is 0. The van der Waals surface area contributed by atoms with Crippen molar-refractivity contribution in [1.29, 1.82) is 0 Å². The first-order valence-corrected chi connectivity index (χ1v) is 5.16. The fourth-order valence-corrected chi connectivity index (χ4v) is 1.59. The van der Waals surface area contributed by atoms with Crippen molar-refractivity contribution in [3.05, 3.63) is 23.3 Å². The molecule has 1 rings (SSSR count). The molecule has 0 aliphatic rings. The third-order valence-electron chi connectivity index (χ3n) is 2.36. The second-order valence-corrected chi connectivity index (χ2v) is 3.75. The molecule has 0 amide bonds. The average Bonchev–Trinajstić information content (AvgIpc) is 2.13. The van der Waals surface area contributed by atoms with Crippen LogP contribution in [0.2, 0.25) is 0 Å². The van der Waals surface area contributed by atoms with Gasteiger partial charge in [-0.3, -0.25) is 0 Å². The Balaban J connectivity index is 2.75. The van der Waals surface area contributed by atoms with Crippen molar-refractivity contribution >= 4 is 0 Å². The Bertz CT molecular complexity index is 305.